The van der Waals surface area contributed by atoms with E-state index in [0.717, 1.165) is 12.1 Å². The molecule has 3 heteroatoms. The largest absolute Gasteiger partial charge is 0.306 e. The van der Waals surface area contributed by atoms with Crippen molar-refractivity contribution in [2.24, 2.45) is 0 Å². The molecule has 1 N–H and O–H groups in total. The minimum absolute atomic E-state index is 0.108. The zero-order chi connectivity index (χ0) is 14.5. The number of halogens is 1. The molecule has 0 fully saturated rings. The smallest absolute Gasteiger partial charge is 0.0640 e. The van der Waals surface area contributed by atoms with Gasteiger partial charge in [0, 0.05) is 12.4 Å². The normalized spacial score (nSPS) is 12.7. The third kappa shape index (κ3) is 3.38. The average Bonchev–Trinajstić information content (AvgIpc) is 2.46. The molecule has 1 aromatic carbocycles. The zero-order valence-electron chi connectivity index (χ0n) is 12.2. The van der Waals surface area contributed by atoms with Gasteiger partial charge in [-0.3, -0.25) is 4.98 Å². The van der Waals surface area contributed by atoms with Gasteiger partial charge in [0.25, 0.3) is 0 Å². The van der Waals surface area contributed by atoms with E-state index in [9.17, 15) is 0 Å². The van der Waals surface area contributed by atoms with Crippen LogP contribution in [0, 0.1) is 0 Å². The van der Waals surface area contributed by atoms with Crippen LogP contribution in [0.3, 0.4) is 0 Å². The molecule has 106 valence electrons. The van der Waals surface area contributed by atoms with Gasteiger partial charge in [-0.05, 0) is 35.2 Å². The molecule has 0 saturated carbocycles. The van der Waals surface area contributed by atoms with E-state index < -0.39 is 0 Å². The molecule has 0 aliphatic heterocycles. The van der Waals surface area contributed by atoms with Crippen LogP contribution in [0.4, 0.5) is 0 Å². The summed E-state index contributed by atoms with van der Waals surface area (Å²) in [6.45, 7) is 7.40. The molecule has 0 aliphatic carbocycles. The summed E-state index contributed by atoms with van der Waals surface area (Å²) in [5, 5.41) is 4.19. The second kappa shape index (κ2) is 6.87. The van der Waals surface area contributed by atoms with Crippen molar-refractivity contribution in [1.82, 2.24) is 10.3 Å². The Balaban J connectivity index is 2.36. The van der Waals surface area contributed by atoms with Crippen molar-refractivity contribution in [3.63, 3.8) is 0 Å². The monoisotopic (exact) mass is 288 g/mol. The van der Waals surface area contributed by atoms with Crippen molar-refractivity contribution >= 4 is 11.6 Å². The minimum Gasteiger partial charge on any atom is -0.306 e. The SMILES string of the molecule is CCNC(c1ccc(C(C)C)cc1)c1ccncc1Cl. The highest BCUT2D eigenvalue weighted by atomic mass is 35.5. The highest BCUT2D eigenvalue weighted by Gasteiger charge is 2.16. The third-order valence-electron chi connectivity index (χ3n) is 3.46. The molecule has 1 aromatic heterocycles. The van der Waals surface area contributed by atoms with E-state index in [4.69, 9.17) is 11.6 Å². The van der Waals surface area contributed by atoms with Gasteiger partial charge in [-0.1, -0.05) is 56.6 Å². The second-order valence-corrected chi connectivity index (χ2v) is 5.62. The lowest BCUT2D eigenvalue weighted by Crippen LogP contribution is -2.22. The maximum absolute atomic E-state index is 6.28. The molecule has 1 atom stereocenters. The van der Waals surface area contributed by atoms with Crippen LogP contribution in [-0.4, -0.2) is 11.5 Å². The molecule has 20 heavy (non-hydrogen) atoms. The molecule has 2 rings (SSSR count). The molecule has 0 saturated heterocycles. The molecule has 2 aromatic rings. The van der Waals surface area contributed by atoms with Crippen LogP contribution in [0.25, 0.3) is 0 Å². The molecule has 1 heterocycles. The summed E-state index contributed by atoms with van der Waals surface area (Å²) in [6.07, 6.45) is 3.48. The number of aromatic nitrogens is 1. The van der Waals surface area contributed by atoms with Crippen LogP contribution in [0.5, 0.6) is 0 Å². The number of rotatable bonds is 5. The van der Waals surface area contributed by atoms with Crippen molar-refractivity contribution in [2.45, 2.75) is 32.7 Å². The van der Waals surface area contributed by atoms with Gasteiger partial charge in [0.2, 0.25) is 0 Å². The van der Waals surface area contributed by atoms with E-state index in [1.165, 1.54) is 11.1 Å². The predicted molar refractivity (Wildman–Crippen MR) is 85.3 cm³/mol. The third-order valence-corrected chi connectivity index (χ3v) is 3.78. The maximum atomic E-state index is 6.28. The number of hydrogen-bond acceptors (Lipinski definition) is 2. The van der Waals surface area contributed by atoms with Crippen molar-refractivity contribution in [1.29, 1.82) is 0 Å². The Morgan fingerprint density at radius 3 is 2.30 bits per heavy atom. The Morgan fingerprint density at radius 1 is 1.10 bits per heavy atom. The molecule has 0 radical (unpaired) electrons. The number of nitrogens with zero attached hydrogens (tertiary/aromatic N) is 1. The number of hydrogen-bond donors (Lipinski definition) is 1. The first kappa shape index (κ1) is 15.0. The lowest BCUT2D eigenvalue weighted by molar-refractivity contribution is 0.629. The van der Waals surface area contributed by atoms with Crippen molar-refractivity contribution in [3.05, 3.63) is 64.4 Å². The summed E-state index contributed by atoms with van der Waals surface area (Å²) in [6, 6.07) is 10.8. The summed E-state index contributed by atoms with van der Waals surface area (Å²) in [5.41, 5.74) is 3.65. The molecule has 0 bridgehead atoms. The minimum atomic E-state index is 0.108. The highest BCUT2D eigenvalue weighted by molar-refractivity contribution is 6.31. The van der Waals surface area contributed by atoms with Crippen molar-refractivity contribution < 1.29 is 0 Å². The van der Waals surface area contributed by atoms with Crippen LogP contribution < -0.4 is 5.32 Å². The quantitative estimate of drug-likeness (QED) is 0.872. The fourth-order valence-corrected chi connectivity index (χ4v) is 2.53. The molecule has 0 aliphatic rings. The van der Waals surface area contributed by atoms with Gasteiger partial charge in [-0.25, -0.2) is 0 Å². The summed E-state index contributed by atoms with van der Waals surface area (Å²) in [4.78, 5) is 4.06. The van der Waals surface area contributed by atoms with Crippen LogP contribution in [0.15, 0.2) is 42.7 Å². The van der Waals surface area contributed by atoms with Gasteiger partial charge in [-0.2, -0.15) is 0 Å². The lowest BCUT2D eigenvalue weighted by atomic mass is 9.95. The fourth-order valence-electron chi connectivity index (χ4n) is 2.30. The Morgan fingerprint density at radius 2 is 1.75 bits per heavy atom. The van der Waals surface area contributed by atoms with Crippen LogP contribution in [0.1, 0.15) is 49.4 Å². The summed E-state index contributed by atoms with van der Waals surface area (Å²) in [5.74, 6) is 0.547. The molecule has 0 spiro atoms. The second-order valence-electron chi connectivity index (χ2n) is 5.21. The standard InChI is InChI=1S/C17H21ClN2/c1-4-20-17(15-9-10-19-11-16(15)18)14-7-5-13(6-8-14)12(2)3/h5-12,17,20H,4H2,1-3H3. The first-order valence-electron chi connectivity index (χ1n) is 7.06. The zero-order valence-corrected chi connectivity index (χ0v) is 13.0. The molecule has 0 amide bonds. The van der Waals surface area contributed by atoms with Crippen molar-refractivity contribution in [3.8, 4) is 0 Å². The van der Waals surface area contributed by atoms with Crippen LogP contribution >= 0.6 is 11.6 Å². The van der Waals surface area contributed by atoms with Crippen molar-refractivity contribution in [2.75, 3.05) is 6.54 Å². The fraction of sp³-hybridized carbons (Fsp3) is 0.353. The van der Waals surface area contributed by atoms with E-state index in [1.54, 1.807) is 12.4 Å². The van der Waals surface area contributed by atoms with E-state index in [0.29, 0.717) is 10.9 Å². The van der Waals surface area contributed by atoms with Crippen LogP contribution in [0.2, 0.25) is 5.02 Å². The molecular formula is C17H21ClN2. The Kier molecular flexibility index (Phi) is 5.16. The number of pyridine rings is 1. The summed E-state index contributed by atoms with van der Waals surface area (Å²) >= 11 is 6.28. The number of benzene rings is 1. The number of nitrogens with one attached hydrogen (secondary N) is 1. The van der Waals surface area contributed by atoms with Crippen LogP contribution in [-0.2, 0) is 0 Å². The van der Waals surface area contributed by atoms with E-state index in [2.05, 4.69) is 55.3 Å². The molecule has 1 unspecified atom stereocenters. The maximum Gasteiger partial charge on any atom is 0.0640 e. The molecular weight excluding hydrogens is 268 g/mol. The van der Waals surface area contributed by atoms with E-state index in [1.807, 2.05) is 6.07 Å². The first-order chi connectivity index (χ1) is 9.63. The topological polar surface area (TPSA) is 24.9 Å². The van der Waals surface area contributed by atoms with Gasteiger partial charge in [-0.15, -0.1) is 0 Å². The summed E-state index contributed by atoms with van der Waals surface area (Å²) in [7, 11) is 0. The Bertz CT molecular complexity index is 549. The van der Waals surface area contributed by atoms with Gasteiger partial charge < -0.3 is 5.32 Å². The Hall–Kier alpha value is -1.38. The van der Waals surface area contributed by atoms with E-state index >= 15 is 0 Å². The first-order valence-corrected chi connectivity index (χ1v) is 7.44. The van der Waals surface area contributed by atoms with Gasteiger partial charge >= 0.3 is 0 Å². The average molecular weight is 289 g/mol. The van der Waals surface area contributed by atoms with Gasteiger partial charge in [0.1, 0.15) is 0 Å². The van der Waals surface area contributed by atoms with Gasteiger partial charge in [0.05, 0.1) is 11.1 Å². The highest BCUT2D eigenvalue weighted by Crippen LogP contribution is 2.28. The lowest BCUT2D eigenvalue weighted by Gasteiger charge is -2.20. The predicted octanol–water partition coefficient (Wildman–Crippen LogP) is 4.56. The summed E-state index contributed by atoms with van der Waals surface area (Å²) < 4.78 is 0. The Labute approximate surface area is 126 Å². The van der Waals surface area contributed by atoms with E-state index in [-0.39, 0.29) is 6.04 Å². The van der Waals surface area contributed by atoms with Gasteiger partial charge in [0.15, 0.2) is 0 Å². The molecule has 2 nitrogen and oxygen atoms in total.